The number of hydrogen-bond acceptors (Lipinski definition) is 7. The predicted molar refractivity (Wildman–Crippen MR) is 55.5 cm³/mol. The van der Waals surface area contributed by atoms with Crippen LogP contribution in [0.25, 0.3) is 0 Å². The molecule has 1 aromatic rings. The second-order valence-electron chi connectivity index (χ2n) is 2.34. The normalized spacial score (nSPS) is 15.9. The molecule has 0 aromatic carbocycles. The molecular weight excluding hydrogens is 238 g/mol. The summed E-state index contributed by atoms with van der Waals surface area (Å²) in [5, 5.41) is 17.8. The van der Waals surface area contributed by atoms with E-state index < -0.39 is 18.2 Å². The lowest BCUT2D eigenvalue weighted by Crippen LogP contribution is -2.05. The van der Waals surface area contributed by atoms with Crippen molar-refractivity contribution < 1.29 is 24.6 Å². The number of aromatic nitrogens is 1. The summed E-state index contributed by atoms with van der Waals surface area (Å²) in [5.41, 5.74) is 7.32. The van der Waals surface area contributed by atoms with Crippen LogP contribution in [0.1, 0.15) is 6.92 Å². The molecule has 1 aliphatic heterocycles. The average molecular weight is 249 g/mol. The molecule has 8 nitrogen and oxygen atoms in total. The van der Waals surface area contributed by atoms with Gasteiger partial charge in [0, 0.05) is 18.5 Å². The highest BCUT2D eigenvalue weighted by Gasteiger charge is 2.30. The standard InChI is InChI=1S/C3H4N2S.C2H3NO3.C2H4O2/c4-3-5-1-2-6-3;4-2(5)1-3-6-1;1-2(3)4/h1-2H,(H2,4,5);1,3H,(H,4,5);1H3,(H,3,4). The Kier molecular flexibility index (Phi) is 6.76. The zero-order valence-electron chi connectivity index (χ0n) is 8.28. The van der Waals surface area contributed by atoms with Gasteiger partial charge in [0.15, 0.2) is 5.13 Å². The average Bonchev–Trinajstić information content (AvgIpc) is 2.90. The van der Waals surface area contributed by atoms with Gasteiger partial charge in [0.25, 0.3) is 5.97 Å². The predicted octanol–water partition coefficient (Wildman–Crippen LogP) is -0.252. The molecule has 1 aliphatic rings. The Labute approximate surface area is 94.6 Å². The van der Waals surface area contributed by atoms with Crippen molar-refractivity contribution in [2.24, 2.45) is 0 Å². The lowest BCUT2D eigenvalue weighted by atomic mass is 10.7. The summed E-state index contributed by atoms with van der Waals surface area (Å²) in [7, 11) is 0. The molecule has 1 atom stereocenters. The fraction of sp³-hybridized carbons (Fsp3) is 0.286. The van der Waals surface area contributed by atoms with Gasteiger partial charge in [0.2, 0.25) is 6.23 Å². The van der Waals surface area contributed by atoms with E-state index in [1.54, 1.807) is 6.20 Å². The third kappa shape index (κ3) is 10.4. The first-order valence-electron chi connectivity index (χ1n) is 3.92. The lowest BCUT2D eigenvalue weighted by Gasteiger charge is -1.69. The monoisotopic (exact) mass is 249 g/mol. The van der Waals surface area contributed by atoms with Crippen molar-refractivity contribution >= 4 is 28.4 Å². The molecule has 0 amide bonds. The third-order valence-corrected chi connectivity index (χ3v) is 1.52. The topological polar surface area (TPSA) is 148 Å². The zero-order valence-corrected chi connectivity index (χ0v) is 9.10. The first kappa shape index (κ1) is 14.3. The third-order valence-electron chi connectivity index (χ3n) is 0.911. The number of carbonyl (C=O) groups is 2. The molecule has 0 aliphatic carbocycles. The second-order valence-corrected chi connectivity index (χ2v) is 3.27. The highest BCUT2D eigenvalue weighted by molar-refractivity contribution is 7.13. The van der Waals surface area contributed by atoms with Crippen molar-refractivity contribution in [2.75, 3.05) is 5.73 Å². The maximum absolute atomic E-state index is 9.57. The molecule has 16 heavy (non-hydrogen) atoms. The molecule has 5 N–H and O–H groups in total. The SMILES string of the molecule is CC(=O)O.Nc1nccs1.O=C(O)C1NO1. The molecule has 90 valence electrons. The van der Waals surface area contributed by atoms with Crippen LogP contribution >= 0.6 is 11.3 Å². The van der Waals surface area contributed by atoms with Crippen molar-refractivity contribution in [3.05, 3.63) is 11.6 Å². The van der Waals surface area contributed by atoms with Crippen molar-refractivity contribution in [3.8, 4) is 0 Å². The number of rotatable bonds is 1. The van der Waals surface area contributed by atoms with Gasteiger partial charge in [-0.3, -0.25) is 9.63 Å². The Balaban J connectivity index is 0.000000217. The number of thiazole rings is 1. The minimum Gasteiger partial charge on any atom is -0.481 e. The van der Waals surface area contributed by atoms with Gasteiger partial charge >= 0.3 is 5.97 Å². The Bertz CT molecular complexity index is 321. The number of nitrogens with zero attached hydrogens (tertiary/aromatic N) is 1. The Morgan fingerprint density at radius 2 is 2.12 bits per heavy atom. The zero-order chi connectivity index (χ0) is 12.6. The highest BCUT2D eigenvalue weighted by Crippen LogP contribution is 2.02. The second kappa shape index (κ2) is 7.56. The summed E-state index contributed by atoms with van der Waals surface area (Å²) in [5.74, 6) is -1.80. The Morgan fingerprint density at radius 1 is 1.62 bits per heavy atom. The van der Waals surface area contributed by atoms with Crippen molar-refractivity contribution in [3.63, 3.8) is 0 Å². The number of nitrogen functional groups attached to an aromatic ring is 1. The Morgan fingerprint density at radius 3 is 2.19 bits per heavy atom. The van der Waals surface area contributed by atoms with Crippen molar-refractivity contribution in [1.82, 2.24) is 10.5 Å². The van der Waals surface area contributed by atoms with Gasteiger partial charge < -0.3 is 15.9 Å². The number of aliphatic carboxylic acids is 2. The lowest BCUT2D eigenvalue weighted by molar-refractivity contribution is -0.138. The van der Waals surface area contributed by atoms with Gasteiger partial charge in [-0.2, -0.15) is 5.48 Å². The van der Waals surface area contributed by atoms with Crippen LogP contribution in [0.2, 0.25) is 0 Å². The van der Waals surface area contributed by atoms with Crippen LogP contribution in [-0.4, -0.2) is 33.4 Å². The molecule has 1 unspecified atom stereocenters. The van der Waals surface area contributed by atoms with Gasteiger partial charge in [-0.25, -0.2) is 9.78 Å². The van der Waals surface area contributed by atoms with Crippen molar-refractivity contribution in [1.29, 1.82) is 0 Å². The van der Waals surface area contributed by atoms with Gasteiger partial charge in [-0.05, 0) is 0 Å². The number of carboxylic acid groups (broad SMARTS) is 2. The van der Waals surface area contributed by atoms with E-state index in [9.17, 15) is 4.79 Å². The summed E-state index contributed by atoms with van der Waals surface area (Å²) >= 11 is 1.44. The number of hydrogen-bond donors (Lipinski definition) is 4. The van der Waals surface area contributed by atoms with Crippen LogP contribution in [0.4, 0.5) is 5.13 Å². The van der Waals surface area contributed by atoms with E-state index >= 15 is 0 Å². The van der Waals surface area contributed by atoms with E-state index in [2.05, 4.69) is 15.3 Å². The largest absolute Gasteiger partial charge is 0.481 e. The summed E-state index contributed by atoms with van der Waals surface area (Å²) in [6.07, 6.45) is 0.949. The number of hydroxylamine groups is 1. The van der Waals surface area contributed by atoms with Crippen LogP contribution < -0.4 is 11.2 Å². The molecule has 9 heteroatoms. The number of anilines is 1. The maximum Gasteiger partial charge on any atom is 0.352 e. The van der Waals surface area contributed by atoms with Gasteiger partial charge in [0.1, 0.15) is 0 Å². The molecule has 0 radical (unpaired) electrons. The molecule has 2 rings (SSSR count). The molecule has 1 fully saturated rings. The number of nitrogens with two attached hydrogens (primary N) is 1. The van der Waals surface area contributed by atoms with Gasteiger partial charge in [-0.15, -0.1) is 11.3 Å². The quantitative estimate of drug-likeness (QED) is 0.498. The van der Waals surface area contributed by atoms with E-state index in [4.69, 9.17) is 20.7 Å². The number of carboxylic acids is 2. The van der Waals surface area contributed by atoms with E-state index in [0.717, 1.165) is 6.92 Å². The smallest absolute Gasteiger partial charge is 0.352 e. The molecule has 1 saturated heterocycles. The molecule has 1 aromatic heterocycles. The highest BCUT2D eigenvalue weighted by atomic mass is 32.1. The van der Waals surface area contributed by atoms with Crippen LogP contribution in [0, 0.1) is 0 Å². The van der Waals surface area contributed by atoms with Crippen molar-refractivity contribution in [2.45, 2.75) is 13.2 Å². The summed E-state index contributed by atoms with van der Waals surface area (Å²) < 4.78 is 0. The van der Waals surface area contributed by atoms with Crippen LogP contribution in [0.5, 0.6) is 0 Å². The minimum atomic E-state index is -0.963. The fourth-order valence-electron chi connectivity index (χ4n) is 0.369. The van der Waals surface area contributed by atoms with Crippen LogP contribution in [0.15, 0.2) is 11.6 Å². The van der Waals surface area contributed by atoms with E-state index in [-0.39, 0.29) is 0 Å². The summed E-state index contributed by atoms with van der Waals surface area (Å²) in [4.78, 5) is 26.4. The van der Waals surface area contributed by atoms with Gasteiger partial charge in [-0.1, -0.05) is 0 Å². The van der Waals surface area contributed by atoms with E-state index in [0.29, 0.717) is 5.13 Å². The summed E-state index contributed by atoms with van der Waals surface area (Å²) in [6, 6.07) is 0. The minimum absolute atomic E-state index is 0.634. The van der Waals surface area contributed by atoms with E-state index in [1.165, 1.54) is 11.3 Å². The molecule has 0 saturated carbocycles. The molecule has 0 spiro atoms. The Hall–Kier alpha value is -1.71. The molecule has 0 bridgehead atoms. The molecular formula is C7H11N3O5S. The van der Waals surface area contributed by atoms with Crippen LogP contribution in [-0.2, 0) is 14.4 Å². The maximum atomic E-state index is 9.57. The fourth-order valence-corrected chi connectivity index (χ4v) is 0.752. The first-order chi connectivity index (χ1) is 7.43. The van der Waals surface area contributed by atoms with Gasteiger partial charge in [0.05, 0.1) is 0 Å². The number of nitrogens with one attached hydrogen (secondary N) is 1. The summed E-state index contributed by atoms with van der Waals surface area (Å²) in [6.45, 7) is 1.08. The first-order valence-corrected chi connectivity index (χ1v) is 4.80. The van der Waals surface area contributed by atoms with E-state index in [1.807, 2.05) is 5.38 Å². The molecule has 2 heterocycles. The van der Waals surface area contributed by atoms with Crippen LogP contribution in [0.3, 0.4) is 0 Å².